The van der Waals surface area contributed by atoms with Crippen molar-refractivity contribution in [1.82, 2.24) is 4.31 Å². The van der Waals surface area contributed by atoms with Crippen LogP contribution < -0.4 is 9.64 Å². The number of benzene rings is 2. The molecule has 0 aliphatic carbocycles. The number of piperazine rings is 1. The molecule has 11 heteroatoms. The molecule has 0 radical (unpaired) electrons. The Morgan fingerprint density at radius 2 is 1.75 bits per heavy atom. The molecule has 1 saturated heterocycles. The van der Waals surface area contributed by atoms with Gasteiger partial charge in [-0.15, -0.1) is 11.3 Å². The van der Waals surface area contributed by atoms with Crippen molar-refractivity contribution in [1.29, 1.82) is 0 Å². The minimum atomic E-state index is -4.82. The quantitative estimate of drug-likeness (QED) is 0.473. The molecule has 0 amide bonds. The number of sulfonamides is 1. The Morgan fingerprint density at radius 1 is 1.06 bits per heavy atom. The number of rotatable bonds is 7. The number of ether oxygens (including phenoxy) is 1. The molecule has 0 spiro atoms. The number of thiophene rings is 1. The van der Waals surface area contributed by atoms with Crippen LogP contribution in [0.15, 0.2) is 70.3 Å². The molecule has 0 saturated carbocycles. The zero-order chi connectivity index (χ0) is 26.1. The fraction of sp³-hybridized carbons (Fsp3) is 0.360. The van der Waals surface area contributed by atoms with E-state index >= 15 is 0 Å². The summed E-state index contributed by atoms with van der Waals surface area (Å²) < 4.78 is 73.5. The van der Waals surface area contributed by atoms with Gasteiger partial charge in [-0.1, -0.05) is 36.4 Å². The van der Waals surface area contributed by atoms with Gasteiger partial charge >= 0.3 is 6.18 Å². The van der Waals surface area contributed by atoms with E-state index in [2.05, 4.69) is 0 Å². The van der Waals surface area contributed by atoms with Gasteiger partial charge in [0.05, 0.1) is 7.11 Å². The molecule has 2 atom stereocenters. The lowest BCUT2D eigenvalue weighted by Crippen LogP contribution is -2.55. The van der Waals surface area contributed by atoms with Gasteiger partial charge in [0.15, 0.2) is 5.60 Å². The summed E-state index contributed by atoms with van der Waals surface area (Å²) in [5.74, 6) is 0.673. The minimum absolute atomic E-state index is 0.195. The smallest absolute Gasteiger partial charge is 0.421 e. The molecular weight excluding hydrogens is 513 g/mol. The molecule has 1 fully saturated rings. The summed E-state index contributed by atoms with van der Waals surface area (Å²) in [5.41, 5.74) is -1.71. The first-order chi connectivity index (χ1) is 16.9. The molecule has 1 aliphatic rings. The largest absolute Gasteiger partial charge is 0.496 e. The van der Waals surface area contributed by atoms with Crippen molar-refractivity contribution < 1.29 is 31.4 Å². The van der Waals surface area contributed by atoms with E-state index in [0.717, 1.165) is 23.8 Å². The number of methoxy groups -OCH3 is 1. The standard InChI is InChI=1S/C25H27F3N2O4S2/c1-24(31,25(26,27)28)19-9-11-20(12-10-19)30-14-13-29(36(32,33)23-8-5-15-35-23)17-21(30)16-18-6-3-4-7-22(18)34-2/h3-12,15,21,31H,13-14,16-17H2,1-2H3/t21-,24?/m1/s1. The molecule has 4 rings (SSSR count). The summed E-state index contributed by atoms with van der Waals surface area (Å²) in [6.45, 7) is 1.49. The third-order valence-electron chi connectivity index (χ3n) is 6.50. The first kappa shape index (κ1) is 26.5. The highest BCUT2D eigenvalue weighted by molar-refractivity contribution is 7.91. The van der Waals surface area contributed by atoms with Gasteiger partial charge in [-0.25, -0.2) is 8.42 Å². The van der Waals surface area contributed by atoms with E-state index in [-0.39, 0.29) is 28.9 Å². The van der Waals surface area contributed by atoms with Crippen LogP contribution in [-0.2, 0) is 22.0 Å². The SMILES string of the molecule is COc1ccccc1C[C@@H]1CN(S(=O)(=O)c2cccs2)CCN1c1ccc(C(C)(O)C(F)(F)F)cc1. The third kappa shape index (κ3) is 5.10. The lowest BCUT2D eigenvalue weighted by atomic mass is 9.94. The number of nitrogens with zero attached hydrogens (tertiary/aromatic N) is 2. The van der Waals surface area contributed by atoms with Crippen LogP contribution in [0.25, 0.3) is 0 Å². The molecule has 194 valence electrons. The van der Waals surface area contributed by atoms with Crippen LogP contribution in [0.5, 0.6) is 5.75 Å². The molecule has 2 heterocycles. The van der Waals surface area contributed by atoms with Crippen LogP contribution >= 0.6 is 11.3 Å². The highest BCUT2D eigenvalue weighted by Gasteiger charge is 2.51. The second-order valence-electron chi connectivity index (χ2n) is 8.78. The predicted molar refractivity (Wildman–Crippen MR) is 133 cm³/mol. The molecule has 1 unspecified atom stereocenters. The van der Waals surface area contributed by atoms with Gasteiger partial charge in [-0.3, -0.25) is 0 Å². The number of para-hydroxylation sites is 1. The van der Waals surface area contributed by atoms with Crippen molar-refractivity contribution in [2.45, 2.75) is 35.4 Å². The zero-order valence-electron chi connectivity index (χ0n) is 19.8. The lowest BCUT2D eigenvalue weighted by molar-refractivity contribution is -0.258. The predicted octanol–water partition coefficient (Wildman–Crippen LogP) is 4.65. The number of aliphatic hydroxyl groups is 1. The van der Waals surface area contributed by atoms with Crippen LogP contribution in [-0.4, -0.2) is 56.8 Å². The molecule has 6 nitrogen and oxygen atoms in total. The summed E-state index contributed by atoms with van der Waals surface area (Å²) in [4.78, 5) is 2.00. The van der Waals surface area contributed by atoms with Crippen molar-refractivity contribution >= 4 is 27.0 Å². The van der Waals surface area contributed by atoms with E-state index in [1.807, 2.05) is 29.2 Å². The maximum absolute atomic E-state index is 13.3. The van der Waals surface area contributed by atoms with Gasteiger partial charge in [0, 0.05) is 31.4 Å². The van der Waals surface area contributed by atoms with E-state index in [1.54, 1.807) is 24.6 Å². The monoisotopic (exact) mass is 540 g/mol. The molecule has 1 aromatic heterocycles. The van der Waals surface area contributed by atoms with Crippen LogP contribution in [0.3, 0.4) is 0 Å². The molecule has 36 heavy (non-hydrogen) atoms. The fourth-order valence-corrected chi connectivity index (χ4v) is 6.98. The van der Waals surface area contributed by atoms with Gasteiger partial charge < -0.3 is 14.7 Å². The fourth-order valence-electron chi connectivity index (χ4n) is 4.36. The normalized spacial score (nSPS) is 19.2. The average Bonchev–Trinajstić information content (AvgIpc) is 3.40. The maximum Gasteiger partial charge on any atom is 0.421 e. The summed E-state index contributed by atoms with van der Waals surface area (Å²) in [7, 11) is -2.11. The average molecular weight is 541 g/mol. The minimum Gasteiger partial charge on any atom is -0.496 e. The maximum atomic E-state index is 13.3. The molecular formula is C25H27F3N2O4S2. The number of halogens is 3. The third-order valence-corrected chi connectivity index (χ3v) is 9.73. The number of hydrogen-bond donors (Lipinski definition) is 1. The molecule has 1 N–H and O–H groups in total. The van der Waals surface area contributed by atoms with Crippen molar-refractivity contribution in [3.05, 3.63) is 77.2 Å². The number of hydrogen-bond acceptors (Lipinski definition) is 6. The zero-order valence-corrected chi connectivity index (χ0v) is 21.4. The second-order valence-corrected chi connectivity index (χ2v) is 11.9. The summed E-state index contributed by atoms with van der Waals surface area (Å²) >= 11 is 1.16. The Kier molecular flexibility index (Phi) is 7.38. The highest BCUT2D eigenvalue weighted by Crippen LogP contribution is 2.39. The van der Waals surface area contributed by atoms with Gasteiger partial charge in [0.1, 0.15) is 9.96 Å². The Bertz CT molecular complexity index is 1280. The van der Waals surface area contributed by atoms with E-state index < -0.39 is 21.8 Å². The molecule has 0 bridgehead atoms. The van der Waals surface area contributed by atoms with Crippen LogP contribution in [0.4, 0.5) is 18.9 Å². The van der Waals surface area contributed by atoms with Crippen molar-refractivity contribution in [2.24, 2.45) is 0 Å². The van der Waals surface area contributed by atoms with E-state index in [1.165, 1.54) is 28.6 Å². The Balaban J connectivity index is 1.66. The van der Waals surface area contributed by atoms with Crippen LogP contribution in [0.1, 0.15) is 18.1 Å². The first-order valence-electron chi connectivity index (χ1n) is 11.3. The Labute approximate surface area is 212 Å². The Morgan fingerprint density at radius 3 is 2.36 bits per heavy atom. The van der Waals surface area contributed by atoms with Gasteiger partial charge in [0.2, 0.25) is 0 Å². The van der Waals surface area contributed by atoms with Gasteiger partial charge in [-0.05, 0) is 54.1 Å². The molecule has 2 aromatic carbocycles. The van der Waals surface area contributed by atoms with Crippen LogP contribution in [0.2, 0.25) is 0 Å². The molecule has 3 aromatic rings. The van der Waals surface area contributed by atoms with Gasteiger partial charge in [-0.2, -0.15) is 17.5 Å². The van der Waals surface area contributed by atoms with Crippen molar-refractivity contribution in [3.8, 4) is 5.75 Å². The van der Waals surface area contributed by atoms with Crippen molar-refractivity contribution in [2.75, 3.05) is 31.6 Å². The number of anilines is 1. The summed E-state index contributed by atoms with van der Waals surface area (Å²) in [5, 5.41) is 11.7. The molecule has 1 aliphatic heterocycles. The van der Waals surface area contributed by atoms with Crippen LogP contribution in [0, 0.1) is 0 Å². The summed E-state index contributed by atoms with van der Waals surface area (Å²) in [6.07, 6.45) is -4.36. The second kappa shape index (κ2) is 10.0. The van der Waals surface area contributed by atoms with E-state index in [9.17, 15) is 26.7 Å². The lowest BCUT2D eigenvalue weighted by Gasteiger charge is -2.42. The highest BCUT2D eigenvalue weighted by atomic mass is 32.2. The van der Waals surface area contributed by atoms with E-state index in [4.69, 9.17) is 4.74 Å². The van der Waals surface area contributed by atoms with E-state index in [0.29, 0.717) is 24.4 Å². The first-order valence-corrected chi connectivity index (χ1v) is 13.6. The van der Waals surface area contributed by atoms with Crippen molar-refractivity contribution in [3.63, 3.8) is 0 Å². The summed E-state index contributed by atoms with van der Waals surface area (Å²) in [6, 6.07) is 16.0. The number of alkyl halides is 3. The Hall–Kier alpha value is -2.60. The van der Waals surface area contributed by atoms with Gasteiger partial charge in [0.25, 0.3) is 10.0 Å². The topological polar surface area (TPSA) is 70.1 Å².